The van der Waals surface area contributed by atoms with Crippen LogP contribution in [0.3, 0.4) is 0 Å². The van der Waals surface area contributed by atoms with Crippen LogP contribution in [-0.2, 0) is 9.53 Å². The Morgan fingerprint density at radius 3 is 2.72 bits per heavy atom. The first-order chi connectivity index (χ1) is 12.2. The molecular weight excluding hydrogens is 322 g/mol. The maximum Gasteiger partial charge on any atom is 0.417 e. The third kappa shape index (κ3) is 3.34. The van der Waals surface area contributed by atoms with Crippen molar-refractivity contribution < 1.29 is 24.2 Å². The van der Waals surface area contributed by atoms with Crippen molar-refractivity contribution in [2.24, 2.45) is 0 Å². The second-order valence-corrected chi connectivity index (χ2v) is 5.72. The SMILES string of the molecule is COc1cccc([C@@H](CO)C(=O)N2C(=O)OC[C@H]2c2ccccc2)c1. The molecule has 2 aromatic carbocycles. The lowest BCUT2D eigenvalue weighted by Crippen LogP contribution is -2.38. The van der Waals surface area contributed by atoms with Gasteiger partial charge in [0.05, 0.1) is 19.6 Å². The molecule has 2 aromatic rings. The number of benzene rings is 2. The van der Waals surface area contributed by atoms with Gasteiger partial charge in [-0.25, -0.2) is 9.69 Å². The number of aliphatic hydroxyl groups excluding tert-OH is 1. The number of imide groups is 1. The van der Waals surface area contributed by atoms with E-state index in [0.29, 0.717) is 11.3 Å². The van der Waals surface area contributed by atoms with Crippen molar-refractivity contribution in [3.8, 4) is 5.75 Å². The Kier molecular flexibility index (Phi) is 5.00. The van der Waals surface area contributed by atoms with Gasteiger partial charge < -0.3 is 14.6 Å². The molecule has 0 unspecified atom stereocenters. The van der Waals surface area contributed by atoms with Crippen LogP contribution in [-0.4, -0.2) is 42.3 Å². The highest BCUT2D eigenvalue weighted by atomic mass is 16.6. The molecule has 1 fully saturated rings. The van der Waals surface area contributed by atoms with Crippen molar-refractivity contribution in [2.75, 3.05) is 20.3 Å². The quantitative estimate of drug-likeness (QED) is 0.904. The largest absolute Gasteiger partial charge is 0.497 e. The van der Waals surface area contributed by atoms with Crippen LogP contribution >= 0.6 is 0 Å². The molecule has 0 spiro atoms. The van der Waals surface area contributed by atoms with Crippen LogP contribution in [0.2, 0.25) is 0 Å². The second kappa shape index (κ2) is 7.36. The third-order valence-corrected chi connectivity index (χ3v) is 4.27. The molecule has 1 saturated heterocycles. The van der Waals surface area contributed by atoms with Crippen molar-refractivity contribution in [1.29, 1.82) is 0 Å². The summed E-state index contributed by atoms with van der Waals surface area (Å²) in [5.41, 5.74) is 1.39. The Morgan fingerprint density at radius 2 is 2.04 bits per heavy atom. The van der Waals surface area contributed by atoms with Gasteiger partial charge in [-0.05, 0) is 23.3 Å². The first kappa shape index (κ1) is 17.0. The third-order valence-electron chi connectivity index (χ3n) is 4.27. The van der Waals surface area contributed by atoms with E-state index in [1.807, 2.05) is 30.3 Å². The minimum atomic E-state index is -0.869. The fraction of sp³-hybridized carbons (Fsp3) is 0.263. The summed E-state index contributed by atoms with van der Waals surface area (Å²) in [5, 5.41) is 9.78. The average Bonchev–Trinajstić information content (AvgIpc) is 3.04. The monoisotopic (exact) mass is 341 g/mol. The van der Waals surface area contributed by atoms with E-state index >= 15 is 0 Å². The van der Waals surface area contributed by atoms with Gasteiger partial charge in [-0.3, -0.25) is 4.79 Å². The fourth-order valence-corrected chi connectivity index (χ4v) is 2.94. The number of hydrogen-bond acceptors (Lipinski definition) is 5. The van der Waals surface area contributed by atoms with Gasteiger partial charge >= 0.3 is 6.09 Å². The molecule has 1 N–H and O–H groups in total. The van der Waals surface area contributed by atoms with Gasteiger partial charge in [-0.2, -0.15) is 0 Å². The topological polar surface area (TPSA) is 76.1 Å². The van der Waals surface area contributed by atoms with Gasteiger partial charge in [0, 0.05) is 0 Å². The predicted molar refractivity (Wildman–Crippen MR) is 90.2 cm³/mol. The van der Waals surface area contributed by atoms with Crippen LogP contribution in [0.5, 0.6) is 5.75 Å². The average molecular weight is 341 g/mol. The number of methoxy groups -OCH3 is 1. The standard InChI is InChI=1S/C19H19NO5/c1-24-15-9-5-8-14(10-15)16(11-21)18(22)20-17(12-25-19(20)23)13-6-3-2-4-7-13/h2-10,16-17,21H,11-12H2,1H3/t16-,17+/m1/s1. The second-order valence-electron chi connectivity index (χ2n) is 5.72. The number of amides is 2. The van der Waals surface area contributed by atoms with E-state index in [9.17, 15) is 14.7 Å². The molecule has 0 saturated carbocycles. The Morgan fingerprint density at radius 1 is 1.28 bits per heavy atom. The molecular formula is C19H19NO5. The summed E-state index contributed by atoms with van der Waals surface area (Å²) in [7, 11) is 1.53. The van der Waals surface area contributed by atoms with E-state index in [2.05, 4.69) is 0 Å². The Hall–Kier alpha value is -2.86. The molecule has 0 radical (unpaired) electrons. The zero-order valence-electron chi connectivity index (χ0n) is 13.8. The van der Waals surface area contributed by atoms with Gasteiger partial charge in [-0.1, -0.05) is 42.5 Å². The molecule has 0 aromatic heterocycles. The smallest absolute Gasteiger partial charge is 0.417 e. The molecule has 6 nitrogen and oxygen atoms in total. The van der Waals surface area contributed by atoms with Gasteiger partial charge in [-0.15, -0.1) is 0 Å². The highest BCUT2D eigenvalue weighted by molar-refractivity contribution is 5.97. The first-order valence-corrected chi connectivity index (χ1v) is 7.95. The van der Waals surface area contributed by atoms with Crippen molar-refractivity contribution in [3.05, 3.63) is 65.7 Å². The van der Waals surface area contributed by atoms with Crippen molar-refractivity contribution in [2.45, 2.75) is 12.0 Å². The molecule has 2 amide bonds. The molecule has 1 aliphatic rings. The lowest BCUT2D eigenvalue weighted by molar-refractivity contribution is -0.131. The fourth-order valence-electron chi connectivity index (χ4n) is 2.94. The maximum absolute atomic E-state index is 13.0. The summed E-state index contributed by atoms with van der Waals surface area (Å²) < 4.78 is 10.3. The zero-order chi connectivity index (χ0) is 17.8. The molecule has 3 rings (SSSR count). The molecule has 1 heterocycles. The highest BCUT2D eigenvalue weighted by Gasteiger charge is 2.41. The van der Waals surface area contributed by atoms with Crippen LogP contribution in [0.4, 0.5) is 4.79 Å². The zero-order valence-corrected chi connectivity index (χ0v) is 13.8. The summed E-state index contributed by atoms with van der Waals surface area (Å²) in [4.78, 5) is 26.2. The van der Waals surface area contributed by atoms with Crippen molar-refractivity contribution in [3.63, 3.8) is 0 Å². The molecule has 6 heteroatoms. The molecule has 130 valence electrons. The van der Waals surface area contributed by atoms with Crippen molar-refractivity contribution in [1.82, 2.24) is 4.90 Å². The molecule has 25 heavy (non-hydrogen) atoms. The van der Waals surface area contributed by atoms with Gasteiger partial charge in [0.15, 0.2) is 0 Å². The summed E-state index contributed by atoms with van der Waals surface area (Å²) in [5.74, 6) is -0.786. The van der Waals surface area contributed by atoms with Crippen LogP contribution in [0.15, 0.2) is 54.6 Å². The lowest BCUT2D eigenvalue weighted by Gasteiger charge is -2.24. The molecule has 1 aliphatic heterocycles. The Balaban J connectivity index is 1.91. The van der Waals surface area contributed by atoms with Crippen LogP contribution < -0.4 is 4.74 Å². The highest BCUT2D eigenvalue weighted by Crippen LogP contribution is 2.32. The Bertz CT molecular complexity index is 761. The summed E-state index contributed by atoms with van der Waals surface area (Å²) in [6.45, 7) is -0.317. The van der Waals surface area contributed by atoms with Crippen LogP contribution in [0, 0.1) is 0 Å². The summed E-state index contributed by atoms with van der Waals surface area (Å²) in [6, 6.07) is 15.6. The van der Waals surface area contributed by atoms with E-state index in [-0.39, 0.29) is 6.61 Å². The minimum absolute atomic E-state index is 0.102. The van der Waals surface area contributed by atoms with E-state index < -0.39 is 30.6 Å². The Labute approximate surface area is 145 Å². The normalized spacial score (nSPS) is 17.9. The molecule has 2 atom stereocenters. The van der Waals surface area contributed by atoms with Crippen molar-refractivity contribution >= 4 is 12.0 Å². The number of cyclic esters (lactones) is 1. The maximum atomic E-state index is 13.0. The van der Waals surface area contributed by atoms with E-state index in [4.69, 9.17) is 9.47 Å². The molecule has 0 aliphatic carbocycles. The number of hydrogen-bond donors (Lipinski definition) is 1. The summed E-state index contributed by atoms with van der Waals surface area (Å²) in [6.07, 6.45) is -0.694. The van der Waals surface area contributed by atoms with Gasteiger partial charge in [0.1, 0.15) is 18.4 Å². The lowest BCUT2D eigenvalue weighted by atomic mass is 9.97. The first-order valence-electron chi connectivity index (χ1n) is 7.95. The number of nitrogens with zero attached hydrogens (tertiary/aromatic N) is 1. The summed E-state index contributed by atoms with van der Waals surface area (Å²) >= 11 is 0. The number of aliphatic hydroxyl groups is 1. The van der Waals surface area contributed by atoms with E-state index in [0.717, 1.165) is 10.5 Å². The van der Waals surface area contributed by atoms with Crippen LogP contribution in [0.1, 0.15) is 23.1 Å². The van der Waals surface area contributed by atoms with Gasteiger partial charge in [0.25, 0.3) is 0 Å². The predicted octanol–water partition coefficient (Wildman–Crippen LogP) is 2.49. The number of carbonyl (C=O) groups excluding carboxylic acids is 2. The number of carbonyl (C=O) groups is 2. The van der Waals surface area contributed by atoms with Crippen LogP contribution in [0.25, 0.3) is 0 Å². The van der Waals surface area contributed by atoms with E-state index in [1.54, 1.807) is 24.3 Å². The number of rotatable bonds is 5. The minimum Gasteiger partial charge on any atom is -0.497 e. The van der Waals surface area contributed by atoms with E-state index in [1.165, 1.54) is 7.11 Å². The molecule has 0 bridgehead atoms. The van der Waals surface area contributed by atoms with Gasteiger partial charge in [0.2, 0.25) is 5.91 Å². The number of ether oxygens (including phenoxy) is 2.